The Kier molecular flexibility index (Phi) is 4.16. The van der Waals surface area contributed by atoms with E-state index in [0.29, 0.717) is 31.9 Å². The van der Waals surface area contributed by atoms with Gasteiger partial charge in [-0.05, 0) is 41.8 Å². The van der Waals surface area contributed by atoms with Crippen molar-refractivity contribution in [2.45, 2.75) is 19.6 Å². The van der Waals surface area contributed by atoms with Gasteiger partial charge in [0.2, 0.25) is 0 Å². The van der Waals surface area contributed by atoms with Crippen molar-refractivity contribution in [2.75, 3.05) is 13.7 Å². The van der Waals surface area contributed by atoms with Crippen LogP contribution in [-0.4, -0.2) is 35.5 Å². The predicted octanol–water partition coefficient (Wildman–Crippen LogP) is 2.32. The molecule has 1 aromatic carbocycles. The lowest BCUT2D eigenvalue weighted by Gasteiger charge is -2.28. The molecule has 0 saturated carbocycles. The van der Waals surface area contributed by atoms with E-state index >= 15 is 0 Å². The number of nitrogens with zero attached hydrogens (tertiary/aromatic N) is 1. The molecule has 2 aromatic rings. The summed E-state index contributed by atoms with van der Waals surface area (Å²) in [5.41, 5.74) is 2.19. The molecular weight excluding hydrogens is 298 g/mol. The van der Waals surface area contributed by atoms with Gasteiger partial charge in [-0.2, -0.15) is 0 Å². The summed E-state index contributed by atoms with van der Waals surface area (Å²) in [6.45, 7) is 1.28. The van der Waals surface area contributed by atoms with Crippen LogP contribution in [0.1, 0.15) is 37.8 Å². The van der Waals surface area contributed by atoms with Gasteiger partial charge in [0.15, 0.2) is 5.76 Å². The lowest BCUT2D eigenvalue weighted by atomic mass is 9.97. The van der Waals surface area contributed by atoms with E-state index < -0.39 is 5.97 Å². The Morgan fingerprint density at radius 3 is 2.83 bits per heavy atom. The molecule has 6 nitrogen and oxygen atoms in total. The Bertz CT molecular complexity index is 749. The number of carboxylic acid groups (broad SMARTS) is 1. The lowest BCUT2D eigenvalue weighted by Crippen LogP contribution is -2.35. The second-order valence-electron chi connectivity index (χ2n) is 5.46. The molecule has 1 N–H and O–H groups in total. The molecule has 0 bridgehead atoms. The van der Waals surface area contributed by atoms with E-state index in [1.807, 2.05) is 6.07 Å². The van der Waals surface area contributed by atoms with Crippen LogP contribution >= 0.6 is 0 Å². The van der Waals surface area contributed by atoms with Gasteiger partial charge in [0.25, 0.3) is 5.91 Å². The number of carbonyl (C=O) groups is 2. The summed E-state index contributed by atoms with van der Waals surface area (Å²) in [7, 11) is 1.56. The monoisotopic (exact) mass is 315 g/mol. The molecule has 0 fully saturated rings. The van der Waals surface area contributed by atoms with E-state index in [2.05, 4.69) is 0 Å². The third-order valence-corrected chi connectivity index (χ3v) is 3.91. The second-order valence-corrected chi connectivity index (χ2v) is 5.46. The van der Waals surface area contributed by atoms with Crippen LogP contribution in [0.5, 0.6) is 0 Å². The van der Waals surface area contributed by atoms with E-state index in [1.165, 1.54) is 0 Å². The number of fused-ring (bicyclic) bond motifs is 1. The van der Waals surface area contributed by atoms with Crippen molar-refractivity contribution in [3.8, 4) is 0 Å². The number of methoxy groups -OCH3 is 1. The van der Waals surface area contributed by atoms with Gasteiger partial charge in [0.1, 0.15) is 12.4 Å². The Hall–Kier alpha value is -2.60. The number of benzene rings is 1. The zero-order chi connectivity index (χ0) is 16.4. The fourth-order valence-electron chi connectivity index (χ4n) is 2.73. The third kappa shape index (κ3) is 3.12. The zero-order valence-corrected chi connectivity index (χ0v) is 12.7. The Labute approximate surface area is 133 Å². The Morgan fingerprint density at radius 1 is 1.26 bits per heavy atom. The van der Waals surface area contributed by atoms with Crippen molar-refractivity contribution >= 4 is 11.9 Å². The maximum atomic E-state index is 12.5. The number of hydrogen-bond donors (Lipinski definition) is 1. The molecule has 1 amide bonds. The predicted molar refractivity (Wildman–Crippen MR) is 81.3 cm³/mol. The maximum Gasteiger partial charge on any atom is 0.335 e. The molecule has 6 heteroatoms. The molecule has 0 radical (unpaired) electrons. The third-order valence-electron chi connectivity index (χ3n) is 3.91. The first-order valence-corrected chi connectivity index (χ1v) is 7.30. The average molecular weight is 315 g/mol. The molecule has 0 atom stereocenters. The summed E-state index contributed by atoms with van der Waals surface area (Å²) < 4.78 is 10.5. The van der Waals surface area contributed by atoms with Crippen LogP contribution in [0.2, 0.25) is 0 Å². The van der Waals surface area contributed by atoms with Gasteiger partial charge < -0.3 is 19.2 Å². The zero-order valence-electron chi connectivity index (χ0n) is 12.7. The molecule has 0 aliphatic carbocycles. The molecule has 120 valence electrons. The first kappa shape index (κ1) is 15.3. The topological polar surface area (TPSA) is 80.0 Å². The minimum absolute atomic E-state index is 0.196. The Morgan fingerprint density at radius 2 is 2.09 bits per heavy atom. The van der Waals surface area contributed by atoms with Crippen molar-refractivity contribution in [3.05, 3.63) is 58.5 Å². The molecule has 3 rings (SSSR count). The van der Waals surface area contributed by atoms with Gasteiger partial charge in [-0.1, -0.05) is 6.07 Å². The van der Waals surface area contributed by atoms with Gasteiger partial charge in [-0.25, -0.2) is 4.79 Å². The van der Waals surface area contributed by atoms with Gasteiger partial charge in [0, 0.05) is 20.2 Å². The summed E-state index contributed by atoms with van der Waals surface area (Å²) >= 11 is 0. The number of carboxylic acids is 1. The smallest absolute Gasteiger partial charge is 0.335 e. The van der Waals surface area contributed by atoms with Crippen LogP contribution in [-0.2, 0) is 24.3 Å². The van der Waals surface area contributed by atoms with Crippen LogP contribution in [0, 0.1) is 0 Å². The van der Waals surface area contributed by atoms with Gasteiger partial charge in [0.05, 0.1) is 5.56 Å². The highest BCUT2D eigenvalue weighted by molar-refractivity contribution is 5.92. The van der Waals surface area contributed by atoms with E-state index in [4.69, 9.17) is 14.3 Å². The maximum absolute atomic E-state index is 12.5. The number of rotatable bonds is 4. The van der Waals surface area contributed by atoms with E-state index in [-0.39, 0.29) is 17.2 Å². The van der Waals surface area contributed by atoms with E-state index in [9.17, 15) is 9.59 Å². The molecular formula is C17H17NO5. The fraction of sp³-hybridized carbons (Fsp3) is 0.294. The second kappa shape index (κ2) is 6.26. The van der Waals surface area contributed by atoms with Gasteiger partial charge in [-0.3, -0.25) is 4.79 Å². The Balaban J connectivity index is 1.78. The van der Waals surface area contributed by atoms with Crippen molar-refractivity contribution in [1.29, 1.82) is 0 Å². The van der Waals surface area contributed by atoms with Crippen molar-refractivity contribution in [1.82, 2.24) is 4.90 Å². The van der Waals surface area contributed by atoms with Crippen molar-refractivity contribution in [2.24, 2.45) is 0 Å². The van der Waals surface area contributed by atoms with Crippen molar-refractivity contribution in [3.63, 3.8) is 0 Å². The van der Waals surface area contributed by atoms with Crippen LogP contribution in [0.15, 0.2) is 34.7 Å². The highest BCUT2D eigenvalue weighted by Crippen LogP contribution is 2.22. The summed E-state index contributed by atoms with van der Waals surface area (Å²) in [6.07, 6.45) is 0.701. The lowest BCUT2D eigenvalue weighted by molar-refractivity contribution is 0.0694. The largest absolute Gasteiger partial charge is 0.478 e. The highest BCUT2D eigenvalue weighted by atomic mass is 16.5. The molecule has 1 aromatic heterocycles. The average Bonchev–Trinajstić information content (AvgIpc) is 3.02. The number of hydrogen-bond acceptors (Lipinski definition) is 4. The first-order valence-electron chi connectivity index (χ1n) is 7.30. The number of ether oxygens (including phenoxy) is 1. The molecule has 2 heterocycles. The molecule has 0 spiro atoms. The first-order chi connectivity index (χ1) is 11.1. The number of carbonyl (C=O) groups excluding carboxylic acids is 1. The molecule has 0 unspecified atom stereocenters. The summed E-state index contributed by atoms with van der Waals surface area (Å²) in [6, 6.07) is 8.42. The molecule has 0 saturated heterocycles. The number of furan rings is 1. The fourth-order valence-corrected chi connectivity index (χ4v) is 2.73. The summed E-state index contributed by atoms with van der Waals surface area (Å²) in [4.78, 5) is 25.3. The SMILES string of the molecule is COCc1ccc(C(=O)N2CCc3ccc(C(=O)O)cc3C2)o1. The standard InChI is InChI=1S/C17H17NO5/c1-22-10-14-4-5-15(23-14)16(19)18-7-6-11-2-3-12(17(20)21)8-13(11)9-18/h2-5,8H,6-7,9-10H2,1H3,(H,20,21). The van der Waals surface area contributed by atoms with Gasteiger partial charge >= 0.3 is 5.97 Å². The van der Waals surface area contributed by atoms with E-state index in [0.717, 1.165) is 11.1 Å². The minimum Gasteiger partial charge on any atom is -0.478 e. The van der Waals surface area contributed by atoms with Crippen LogP contribution in [0.4, 0.5) is 0 Å². The normalized spacial score (nSPS) is 13.7. The highest BCUT2D eigenvalue weighted by Gasteiger charge is 2.24. The van der Waals surface area contributed by atoms with Crippen LogP contribution < -0.4 is 0 Å². The van der Waals surface area contributed by atoms with E-state index in [1.54, 1.807) is 36.3 Å². The van der Waals surface area contributed by atoms with Crippen molar-refractivity contribution < 1.29 is 23.8 Å². The molecule has 1 aliphatic rings. The quantitative estimate of drug-likeness (QED) is 0.936. The molecule has 23 heavy (non-hydrogen) atoms. The van der Waals surface area contributed by atoms with Crippen LogP contribution in [0.25, 0.3) is 0 Å². The van der Waals surface area contributed by atoms with Gasteiger partial charge in [-0.15, -0.1) is 0 Å². The molecule has 1 aliphatic heterocycles. The summed E-state index contributed by atoms with van der Waals surface area (Å²) in [5, 5.41) is 9.09. The number of aromatic carboxylic acids is 1. The minimum atomic E-state index is -0.966. The number of amides is 1. The van der Waals surface area contributed by atoms with Crippen LogP contribution in [0.3, 0.4) is 0 Å². The summed E-state index contributed by atoms with van der Waals surface area (Å²) in [5.74, 6) is -0.290.